The molecule has 1 aromatic heterocycles. The second-order valence-electron chi connectivity index (χ2n) is 5.67. The first-order valence-electron chi connectivity index (χ1n) is 7.82. The molecule has 3 aromatic rings. The first kappa shape index (κ1) is 17.7. The van der Waals surface area contributed by atoms with Crippen LogP contribution < -0.4 is 10.7 Å². The third kappa shape index (κ3) is 3.93. The van der Waals surface area contributed by atoms with Gasteiger partial charge >= 0.3 is 6.18 Å². The van der Waals surface area contributed by atoms with Gasteiger partial charge in [0.2, 0.25) is 0 Å². The van der Waals surface area contributed by atoms with Crippen LogP contribution in [0.1, 0.15) is 21.7 Å². The van der Waals surface area contributed by atoms with Gasteiger partial charge in [-0.25, -0.2) is 0 Å². The summed E-state index contributed by atoms with van der Waals surface area (Å²) in [6, 6.07) is 12.4. The maximum atomic E-state index is 12.5. The minimum absolute atomic E-state index is 0.110. The van der Waals surface area contributed by atoms with Crippen LogP contribution in [-0.4, -0.2) is 12.5 Å². The third-order valence-corrected chi connectivity index (χ3v) is 3.84. The topological polar surface area (TPSA) is 59.3 Å². The zero-order valence-electron chi connectivity index (χ0n) is 13.5. The Balaban J connectivity index is 1.63. The van der Waals surface area contributed by atoms with Crippen molar-refractivity contribution in [3.8, 4) is 0 Å². The van der Waals surface area contributed by atoms with Gasteiger partial charge in [0.1, 0.15) is 5.58 Å². The molecule has 1 N–H and O–H groups in total. The van der Waals surface area contributed by atoms with E-state index in [4.69, 9.17) is 4.42 Å². The molecule has 26 heavy (non-hydrogen) atoms. The number of nitrogens with one attached hydrogen (secondary N) is 1. The van der Waals surface area contributed by atoms with E-state index in [0.717, 1.165) is 18.2 Å². The number of carbonyl (C=O) groups excluding carboxylic acids is 1. The van der Waals surface area contributed by atoms with E-state index in [2.05, 4.69) is 5.32 Å². The Morgan fingerprint density at radius 1 is 1.04 bits per heavy atom. The summed E-state index contributed by atoms with van der Waals surface area (Å²) in [6.07, 6.45) is -4.03. The van der Waals surface area contributed by atoms with E-state index in [0.29, 0.717) is 23.0 Å². The molecule has 134 valence electrons. The number of fused-ring (bicyclic) bond motifs is 1. The van der Waals surface area contributed by atoms with Gasteiger partial charge in [-0.2, -0.15) is 13.2 Å². The molecule has 0 radical (unpaired) electrons. The monoisotopic (exact) mass is 361 g/mol. The Morgan fingerprint density at radius 2 is 1.73 bits per heavy atom. The molecule has 0 spiro atoms. The van der Waals surface area contributed by atoms with E-state index >= 15 is 0 Å². The number of benzene rings is 2. The average Bonchev–Trinajstić information content (AvgIpc) is 2.61. The average molecular weight is 361 g/mol. The first-order chi connectivity index (χ1) is 12.3. The lowest BCUT2D eigenvalue weighted by molar-refractivity contribution is -0.137. The van der Waals surface area contributed by atoms with Crippen molar-refractivity contribution in [1.29, 1.82) is 0 Å². The summed E-state index contributed by atoms with van der Waals surface area (Å²) in [4.78, 5) is 24.1. The minimum Gasteiger partial charge on any atom is -0.451 e. The van der Waals surface area contributed by atoms with Crippen LogP contribution in [0.15, 0.2) is 63.8 Å². The zero-order chi connectivity index (χ0) is 18.7. The molecule has 7 heteroatoms. The number of rotatable bonds is 4. The Kier molecular flexibility index (Phi) is 4.79. The summed E-state index contributed by atoms with van der Waals surface area (Å²) < 4.78 is 43.0. The SMILES string of the molecule is O=C(NCCc1ccc(C(F)(F)F)cc1)c1cc(=O)c2ccccc2o1. The summed E-state index contributed by atoms with van der Waals surface area (Å²) >= 11 is 0. The van der Waals surface area contributed by atoms with Gasteiger partial charge in [-0.05, 0) is 36.2 Å². The maximum absolute atomic E-state index is 12.5. The number of para-hydroxylation sites is 1. The molecule has 0 saturated heterocycles. The highest BCUT2D eigenvalue weighted by atomic mass is 19.4. The van der Waals surface area contributed by atoms with Crippen molar-refractivity contribution in [1.82, 2.24) is 5.32 Å². The number of alkyl halides is 3. The summed E-state index contributed by atoms with van der Waals surface area (Å²) in [6.45, 7) is 0.195. The summed E-state index contributed by atoms with van der Waals surface area (Å²) in [5.41, 5.74) is -0.0749. The largest absolute Gasteiger partial charge is 0.451 e. The lowest BCUT2D eigenvalue weighted by Crippen LogP contribution is -2.26. The van der Waals surface area contributed by atoms with Crippen LogP contribution in [0.5, 0.6) is 0 Å². The van der Waals surface area contributed by atoms with Crippen LogP contribution >= 0.6 is 0 Å². The molecule has 0 aliphatic heterocycles. The quantitative estimate of drug-likeness (QED) is 0.769. The lowest BCUT2D eigenvalue weighted by Gasteiger charge is -2.08. The highest BCUT2D eigenvalue weighted by molar-refractivity contribution is 5.93. The molecule has 0 unspecified atom stereocenters. The van der Waals surface area contributed by atoms with Gasteiger partial charge < -0.3 is 9.73 Å². The Morgan fingerprint density at radius 3 is 2.42 bits per heavy atom. The molecule has 0 fully saturated rings. The number of amides is 1. The molecule has 4 nitrogen and oxygen atoms in total. The Bertz CT molecular complexity index is 991. The zero-order valence-corrected chi connectivity index (χ0v) is 13.5. The number of carbonyl (C=O) groups is 1. The van der Waals surface area contributed by atoms with E-state index in [1.165, 1.54) is 12.1 Å². The van der Waals surface area contributed by atoms with Crippen molar-refractivity contribution in [2.24, 2.45) is 0 Å². The molecular weight excluding hydrogens is 347 g/mol. The summed E-state index contributed by atoms with van der Waals surface area (Å²) in [5, 5.41) is 2.97. The van der Waals surface area contributed by atoms with Crippen LogP contribution in [0.4, 0.5) is 13.2 Å². The molecule has 0 aliphatic rings. The van der Waals surface area contributed by atoms with Crippen LogP contribution in [0, 0.1) is 0 Å². The minimum atomic E-state index is -4.37. The standard InChI is InChI=1S/C19H14F3NO3/c20-19(21,22)13-7-5-12(6-8-13)9-10-23-18(25)17-11-15(24)14-3-1-2-4-16(14)26-17/h1-8,11H,9-10H2,(H,23,25). The molecule has 0 aliphatic carbocycles. The number of hydrogen-bond donors (Lipinski definition) is 1. The second-order valence-corrected chi connectivity index (χ2v) is 5.67. The molecule has 0 atom stereocenters. The summed E-state index contributed by atoms with van der Waals surface area (Å²) in [7, 11) is 0. The highest BCUT2D eigenvalue weighted by Crippen LogP contribution is 2.29. The van der Waals surface area contributed by atoms with E-state index in [9.17, 15) is 22.8 Å². The van der Waals surface area contributed by atoms with Gasteiger partial charge in [0.15, 0.2) is 11.2 Å². The maximum Gasteiger partial charge on any atom is 0.416 e. The van der Waals surface area contributed by atoms with Gasteiger partial charge in [-0.3, -0.25) is 9.59 Å². The van der Waals surface area contributed by atoms with Gasteiger partial charge in [0.25, 0.3) is 5.91 Å². The van der Waals surface area contributed by atoms with Crippen LogP contribution in [0.3, 0.4) is 0 Å². The van der Waals surface area contributed by atoms with Crippen molar-refractivity contribution in [2.75, 3.05) is 6.54 Å². The van der Waals surface area contributed by atoms with E-state index in [1.54, 1.807) is 24.3 Å². The lowest BCUT2D eigenvalue weighted by atomic mass is 10.1. The second kappa shape index (κ2) is 7.03. The van der Waals surface area contributed by atoms with Crippen LogP contribution in [0.25, 0.3) is 11.0 Å². The molecule has 1 heterocycles. The fourth-order valence-corrected chi connectivity index (χ4v) is 2.48. The third-order valence-electron chi connectivity index (χ3n) is 3.84. The fourth-order valence-electron chi connectivity index (χ4n) is 2.48. The summed E-state index contributed by atoms with van der Waals surface area (Å²) in [5.74, 6) is -0.666. The predicted molar refractivity (Wildman–Crippen MR) is 90.0 cm³/mol. The predicted octanol–water partition coefficient (Wildman–Crippen LogP) is 3.78. The van der Waals surface area contributed by atoms with Crippen molar-refractivity contribution in [2.45, 2.75) is 12.6 Å². The van der Waals surface area contributed by atoms with Gasteiger partial charge in [0.05, 0.1) is 10.9 Å². The fraction of sp³-hybridized carbons (Fsp3) is 0.158. The van der Waals surface area contributed by atoms with Gasteiger partial charge in [-0.1, -0.05) is 24.3 Å². The van der Waals surface area contributed by atoms with Crippen molar-refractivity contribution < 1.29 is 22.4 Å². The first-order valence-corrected chi connectivity index (χ1v) is 7.82. The normalized spacial score (nSPS) is 11.5. The van der Waals surface area contributed by atoms with Crippen molar-refractivity contribution in [3.63, 3.8) is 0 Å². The Labute approximate surface area is 146 Å². The molecule has 1 amide bonds. The van der Waals surface area contributed by atoms with Crippen molar-refractivity contribution >= 4 is 16.9 Å². The van der Waals surface area contributed by atoms with Crippen LogP contribution in [0.2, 0.25) is 0 Å². The molecule has 2 aromatic carbocycles. The Hall–Kier alpha value is -3.09. The number of hydrogen-bond acceptors (Lipinski definition) is 3. The van der Waals surface area contributed by atoms with E-state index in [-0.39, 0.29) is 17.7 Å². The highest BCUT2D eigenvalue weighted by Gasteiger charge is 2.29. The molecule has 0 bridgehead atoms. The number of halogens is 3. The van der Waals surface area contributed by atoms with Gasteiger partial charge in [-0.15, -0.1) is 0 Å². The van der Waals surface area contributed by atoms with Crippen molar-refractivity contribution in [3.05, 3.63) is 81.7 Å². The van der Waals surface area contributed by atoms with E-state index < -0.39 is 17.6 Å². The molecule has 0 saturated carbocycles. The molecular formula is C19H14F3NO3. The van der Waals surface area contributed by atoms with E-state index in [1.807, 2.05) is 0 Å². The smallest absolute Gasteiger partial charge is 0.416 e. The van der Waals surface area contributed by atoms with Gasteiger partial charge in [0, 0.05) is 12.6 Å². The van der Waals surface area contributed by atoms with Crippen LogP contribution in [-0.2, 0) is 12.6 Å². The molecule has 3 rings (SSSR count).